The lowest BCUT2D eigenvalue weighted by atomic mass is 10.1. The Morgan fingerprint density at radius 3 is 2.73 bits per heavy atom. The third-order valence-electron chi connectivity index (χ3n) is 4.37. The molecule has 2 aromatic rings. The van der Waals surface area contributed by atoms with Crippen molar-refractivity contribution in [1.82, 2.24) is 14.9 Å². The predicted molar refractivity (Wildman–Crippen MR) is 97.2 cm³/mol. The van der Waals surface area contributed by atoms with Crippen LogP contribution in [0.15, 0.2) is 18.3 Å². The standard InChI is InChI=1S/C18H18F5N5O2/c1-2-24-16-11(18(21,22)23)7-25-17(27-16)26-14-6-12(19)10(5-13(14)20)15-8-28(9-29)3-4-30-15/h5-7,9,15H,2-4,8H2,1H3,(H2,24,25,26,27). The lowest BCUT2D eigenvalue weighted by Gasteiger charge is -2.30. The third-order valence-corrected chi connectivity index (χ3v) is 4.37. The van der Waals surface area contributed by atoms with E-state index in [1.165, 1.54) is 4.90 Å². The van der Waals surface area contributed by atoms with Crippen LogP contribution in [0, 0.1) is 11.6 Å². The minimum atomic E-state index is -4.68. The summed E-state index contributed by atoms with van der Waals surface area (Å²) in [6.45, 7) is 2.35. The molecule has 30 heavy (non-hydrogen) atoms. The zero-order valence-corrected chi connectivity index (χ0v) is 15.8. The van der Waals surface area contributed by atoms with Crippen LogP contribution in [-0.4, -0.2) is 47.5 Å². The molecule has 162 valence electrons. The molecule has 0 radical (unpaired) electrons. The second kappa shape index (κ2) is 8.78. The van der Waals surface area contributed by atoms with Crippen LogP contribution in [-0.2, 0) is 15.7 Å². The number of hydrogen-bond donors (Lipinski definition) is 2. The molecular formula is C18H18F5N5O2. The van der Waals surface area contributed by atoms with Gasteiger partial charge in [-0.25, -0.2) is 13.8 Å². The molecule has 1 fully saturated rings. The first-order valence-corrected chi connectivity index (χ1v) is 8.98. The molecule has 1 atom stereocenters. The number of nitrogens with one attached hydrogen (secondary N) is 2. The fraction of sp³-hybridized carbons (Fsp3) is 0.389. The quantitative estimate of drug-likeness (QED) is 0.539. The SMILES string of the molecule is CCNc1nc(Nc2cc(F)c(C3CN(C=O)CCO3)cc2F)ncc1C(F)(F)F. The van der Waals surface area contributed by atoms with E-state index in [0.717, 1.165) is 12.1 Å². The Morgan fingerprint density at radius 2 is 2.07 bits per heavy atom. The Morgan fingerprint density at radius 1 is 1.30 bits per heavy atom. The van der Waals surface area contributed by atoms with Crippen LogP contribution in [0.25, 0.3) is 0 Å². The summed E-state index contributed by atoms with van der Waals surface area (Å²) in [6, 6.07) is 1.74. The number of halogens is 5. The Kier molecular flexibility index (Phi) is 6.34. The molecular weight excluding hydrogens is 413 g/mol. The van der Waals surface area contributed by atoms with Crippen molar-refractivity contribution in [2.45, 2.75) is 19.2 Å². The van der Waals surface area contributed by atoms with E-state index in [4.69, 9.17) is 4.74 Å². The number of amides is 1. The van der Waals surface area contributed by atoms with Crippen LogP contribution in [0.1, 0.15) is 24.2 Å². The van der Waals surface area contributed by atoms with Gasteiger partial charge in [0.05, 0.1) is 18.8 Å². The second-order valence-corrected chi connectivity index (χ2v) is 6.42. The molecule has 2 heterocycles. The highest BCUT2D eigenvalue weighted by molar-refractivity contribution is 5.58. The lowest BCUT2D eigenvalue weighted by molar-refractivity contribution is -0.137. The van der Waals surface area contributed by atoms with Gasteiger partial charge in [0.25, 0.3) is 0 Å². The zero-order valence-electron chi connectivity index (χ0n) is 15.8. The molecule has 0 saturated carbocycles. The molecule has 7 nitrogen and oxygen atoms in total. The summed E-state index contributed by atoms with van der Waals surface area (Å²) in [4.78, 5) is 19.6. The molecule has 0 bridgehead atoms. The monoisotopic (exact) mass is 431 g/mol. The van der Waals surface area contributed by atoms with Crippen LogP contribution in [0.2, 0.25) is 0 Å². The summed E-state index contributed by atoms with van der Waals surface area (Å²) < 4.78 is 73.6. The molecule has 3 rings (SSSR count). The molecule has 0 spiro atoms. The van der Waals surface area contributed by atoms with Crippen molar-refractivity contribution in [3.05, 3.63) is 41.1 Å². The average Bonchev–Trinajstić information content (AvgIpc) is 2.70. The van der Waals surface area contributed by atoms with E-state index in [0.29, 0.717) is 19.2 Å². The Hall–Kier alpha value is -3.02. The summed E-state index contributed by atoms with van der Waals surface area (Å²) >= 11 is 0. The van der Waals surface area contributed by atoms with E-state index in [9.17, 15) is 26.7 Å². The maximum absolute atomic E-state index is 14.6. The van der Waals surface area contributed by atoms with Gasteiger partial charge in [0, 0.05) is 30.9 Å². The number of ether oxygens (including phenoxy) is 1. The molecule has 1 saturated heterocycles. The maximum Gasteiger partial charge on any atom is 0.421 e. The van der Waals surface area contributed by atoms with Crippen LogP contribution in [0.4, 0.5) is 39.4 Å². The fourth-order valence-electron chi connectivity index (χ4n) is 2.93. The van der Waals surface area contributed by atoms with Crippen molar-refractivity contribution in [3.8, 4) is 0 Å². The van der Waals surface area contributed by atoms with Gasteiger partial charge in [-0.15, -0.1) is 0 Å². The normalized spacial score (nSPS) is 17.0. The molecule has 1 aromatic heterocycles. The summed E-state index contributed by atoms with van der Waals surface area (Å²) in [6.07, 6.45) is -4.36. The van der Waals surface area contributed by atoms with E-state index >= 15 is 0 Å². The van der Waals surface area contributed by atoms with Crippen molar-refractivity contribution in [1.29, 1.82) is 0 Å². The van der Waals surface area contributed by atoms with Crippen molar-refractivity contribution >= 4 is 23.9 Å². The Bertz CT molecular complexity index is 925. The van der Waals surface area contributed by atoms with E-state index in [2.05, 4.69) is 20.6 Å². The second-order valence-electron chi connectivity index (χ2n) is 6.42. The average molecular weight is 431 g/mol. The molecule has 12 heteroatoms. The minimum absolute atomic E-state index is 0.0701. The molecule has 1 unspecified atom stereocenters. The number of alkyl halides is 3. The number of carbonyl (C=O) groups is 1. The van der Waals surface area contributed by atoms with Gasteiger partial charge in [0.2, 0.25) is 12.4 Å². The van der Waals surface area contributed by atoms with Crippen molar-refractivity contribution < 1.29 is 31.5 Å². The van der Waals surface area contributed by atoms with E-state index in [-0.39, 0.29) is 36.9 Å². The van der Waals surface area contributed by atoms with E-state index < -0.39 is 35.3 Å². The third kappa shape index (κ3) is 4.75. The smallest absolute Gasteiger partial charge is 0.370 e. The Balaban J connectivity index is 1.86. The van der Waals surface area contributed by atoms with Crippen LogP contribution < -0.4 is 10.6 Å². The van der Waals surface area contributed by atoms with Crippen LogP contribution in [0.5, 0.6) is 0 Å². The zero-order chi connectivity index (χ0) is 21.9. The highest BCUT2D eigenvalue weighted by atomic mass is 19.4. The molecule has 1 aliphatic heterocycles. The van der Waals surface area contributed by atoms with Crippen LogP contribution in [0.3, 0.4) is 0 Å². The summed E-state index contributed by atoms with van der Waals surface area (Å²) in [5.41, 5.74) is -1.51. The Labute approximate surface area is 168 Å². The fourth-order valence-corrected chi connectivity index (χ4v) is 2.93. The van der Waals surface area contributed by atoms with E-state index in [1.54, 1.807) is 6.92 Å². The molecule has 1 amide bonds. The number of nitrogens with zero attached hydrogens (tertiary/aromatic N) is 3. The first-order valence-electron chi connectivity index (χ1n) is 8.98. The van der Waals surface area contributed by atoms with Crippen molar-refractivity contribution in [2.24, 2.45) is 0 Å². The van der Waals surface area contributed by atoms with Crippen molar-refractivity contribution in [3.63, 3.8) is 0 Å². The molecule has 1 aliphatic rings. The van der Waals surface area contributed by atoms with Gasteiger partial charge in [-0.3, -0.25) is 4.79 Å². The summed E-state index contributed by atoms with van der Waals surface area (Å²) in [5, 5.41) is 4.86. The van der Waals surface area contributed by atoms with Gasteiger partial charge >= 0.3 is 6.18 Å². The van der Waals surface area contributed by atoms with Gasteiger partial charge in [-0.1, -0.05) is 0 Å². The van der Waals surface area contributed by atoms with Gasteiger partial charge in [-0.05, 0) is 13.0 Å². The number of hydrogen-bond acceptors (Lipinski definition) is 6. The number of anilines is 3. The first-order chi connectivity index (χ1) is 14.2. The highest BCUT2D eigenvalue weighted by Gasteiger charge is 2.35. The molecule has 2 N–H and O–H groups in total. The van der Waals surface area contributed by atoms with Gasteiger partial charge in [0.15, 0.2) is 0 Å². The number of carbonyl (C=O) groups excluding carboxylic acids is 1. The number of rotatable bonds is 6. The maximum atomic E-state index is 14.6. The summed E-state index contributed by atoms with van der Waals surface area (Å²) in [5.74, 6) is -2.52. The molecule has 1 aromatic carbocycles. The predicted octanol–water partition coefficient (Wildman–Crippen LogP) is 3.48. The van der Waals surface area contributed by atoms with Gasteiger partial charge in [0.1, 0.15) is 29.1 Å². The highest BCUT2D eigenvalue weighted by Crippen LogP contribution is 2.34. The lowest BCUT2D eigenvalue weighted by Crippen LogP contribution is -2.37. The van der Waals surface area contributed by atoms with Gasteiger partial charge in [-0.2, -0.15) is 18.2 Å². The van der Waals surface area contributed by atoms with Crippen molar-refractivity contribution in [2.75, 3.05) is 36.9 Å². The number of aromatic nitrogens is 2. The minimum Gasteiger partial charge on any atom is -0.370 e. The topological polar surface area (TPSA) is 79.4 Å². The summed E-state index contributed by atoms with van der Waals surface area (Å²) in [7, 11) is 0. The van der Waals surface area contributed by atoms with E-state index in [1.807, 2.05) is 0 Å². The van der Waals surface area contributed by atoms with Gasteiger partial charge < -0.3 is 20.3 Å². The van der Waals surface area contributed by atoms with Crippen LogP contribution >= 0.6 is 0 Å². The number of morpholine rings is 1. The first kappa shape index (κ1) is 21.7. The number of benzene rings is 1. The largest absolute Gasteiger partial charge is 0.421 e. The molecule has 0 aliphatic carbocycles.